The van der Waals surface area contributed by atoms with Crippen LogP contribution in [0.25, 0.3) is 0 Å². The summed E-state index contributed by atoms with van der Waals surface area (Å²) in [5.74, 6) is 0.386. The summed E-state index contributed by atoms with van der Waals surface area (Å²) < 4.78 is 27.1. The lowest BCUT2D eigenvalue weighted by Gasteiger charge is -2.10. The zero-order valence-corrected chi connectivity index (χ0v) is 13.3. The smallest absolute Gasteiger partial charge is 0.261 e. The molecule has 4 nitrogen and oxygen atoms in total. The molecule has 2 aromatic carbocycles. The minimum absolute atomic E-state index is 0.0783. The molecule has 3 rings (SSSR count). The van der Waals surface area contributed by atoms with Crippen LogP contribution in [0.5, 0.6) is 0 Å². The minimum Gasteiger partial charge on any atom is -0.325 e. The molecule has 0 spiro atoms. The average molecular weight is 316 g/mol. The molecule has 2 aromatic rings. The Morgan fingerprint density at radius 2 is 1.77 bits per heavy atom. The number of hydrogen-bond donors (Lipinski definition) is 2. The van der Waals surface area contributed by atoms with Crippen molar-refractivity contribution in [3.8, 4) is 0 Å². The van der Waals surface area contributed by atoms with E-state index in [2.05, 4.69) is 11.6 Å². The molecule has 0 amide bonds. The average Bonchev–Trinajstić information content (AvgIpc) is 3.21. The molecule has 116 valence electrons. The van der Waals surface area contributed by atoms with Gasteiger partial charge in [-0.25, -0.2) is 8.42 Å². The van der Waals surface area contributed by atoms with E-state index in [1.54, 1.807) is 42.5 Å². The van der Waals surface area contributed by atoms with Gasteiger partial charge in [0.2, 0.25) is 0 Å². The first kappa shape index (κ1) is 15.1. The Morgan fingerprint density at radius 1 is 1.14 bits per heavy atom. The van der Waals surface area contributed by atoms with E-state index in [0.29, 0.717) is 11.6 Å². The lowest BCUT2D eigenvalue weighted by molar-refractivity contribution is 0.601. The van der Waals surface area contributed by atoms with Gasteiger partial charge < -0.3 is 5.73 Å². The number of anilines is 1. The van der Waals surface area contributed by atoms with Gasteiger partial charge in [0.1, 0.15) is 0 Å². The Kier molecular flexibility index (Phi) is 3.70. The molecule has 3 N–H and O–H groups in total. The molecule has 1 aliphatic rings. The van der Waals surface area contributed by atoms with Crippen molar-refractivity contribution in [1.29, 1.82) is 0 Å². The number of benzene rings is 2. The summed E-state index contributed by atoms with van der Waals surface area (Å²) in [6.07, 6.45) is 1.96. The third-order valence-corrected chi connectivity index (χ3v) is 5.79. The van der Waals surface area contributed by atoms with Gasteiger partial charge in [-0.3, -0.25) is 4.72 Å². The molecule has 0 saturated heterocycles. The van der Waals surface area contributed by atoms with E-state index in [0.717, 1.165) is 12.8 Å². The molecule has 0 bridgehead atoms. The second-order valence-electron chi connectivity index (χ2n) is 5.88. The van der Waals surface area contributed by atoms with Crippen molar-refractivity contribution in [3.63, 3.8) is 0 Å². The molecule has 0 heterocycles. The van der Waals surface area contributed by atoms with Crippen LogP contribution in [0.15, 0.2) is 59.5 Å². The molecule has 0 radical (unpaired) electrons. The quantitative estimate of drug-likeness (QED) is 0.890. The summed E-state index contributed by atoms with van der Waals surface area (Å²) in [7, 11) is -3.53. The number of nitrogens with one attached hydrogen (secondary N) is 1. The molecule has 0 aromatic heterocycles. The standard InChI is InChI=1S/C17H20N2O2S/c1-2-17(18)12-16(17)13-8-10-14(11-9-13)19-22(20,21)15-6-4-3-5-7-15/h3-11,16,19H,2,12,18H2,1H3/t16-,17+/m0/s1. The molecular formula is C17H20N2O2S. The van der Waals surface area contributed by atoms with Gasteiger partial charge in [0, 0.05) is 17.1 Å². The fourth-order valence-corrected chi connectivity index (χ4v) is 3.84. The highest BCUT2D eigenvalue weighted by Crippen LogP contribution is 2.51. The highest BCUT2D eigenvalue weighted by atomic mass is 32.2. The lowest BCUT2D eigenvalue weighted by atomic mass is 10.0. The lowest BCUT2D eigenvalue weighted by Crippen LogP contribution is -2.22. The summed E-state index contributed by atoms with van der Waals surface area (Å²) in [4.78, 5) is 0.258. The molecule has 1 saturated carbocycles. The molecule has 2 atom stereocenters. The molecular weight excluding hydrogens is 296 g/mol. The van der Waals surface area contributed by atoms with E-state index < -0.39 is 10.0 Å². The Hall–Kier alpha value is -1.85. The van der Waals surface area contributed by atoms with Crippen molar-refractivity contribution in [3.05, 3.63) is 60.2 Å². The highest BCUT2D eigenvalue weighted by Gasteiger charge is 2.49. The van der Waals surface area contributed by atoms with Gasteiger partial charge >= 0.3 is 0 Å². The normalized spacial score (nSPS) is 24.0. The van der Waals surface area contributed by atoms with Gasteiger partial charge in [-0.05, 0) is 42.7 Å². The van der Waals surface area contributed by atoms with Crippen molar-refractivity contribution in [2.45, 2.75) is 36.1 Å². The fourth-order valence-electron chi connectivity index (χ4n) is 2.76. The maximum absolute atomic E-state index is 12.3. The van der Waals surface area contributed by atoms with Crippen LogP contribution in [-0.4, -0.2) is 14.0 Å². The summed E-state index contributed by atoms with van der Waals surface area (Å²) >= 11 is 0. The van der Waals surface area contributed by atoms with Crippen LogP contribution in [0.4, 0.5) is 5.69 Å². The summed E-state index contributed by atoms with van der Waals surface area (Å²) in [5, 5.41) is 0. The molecule has 5 heteroatoms. The van der Waals surface area contributed by atoms with Crippen LogP contribution >= 0.6 is 0 Å². The molecule has 1 fully saturated rings. The van der Waals surface area contributed by atoms with Crippen molar-refractivity contribution >= 4 is 15.7 Å². The van der Waals surface area contributed by atoms with Crippen molar-refractivity contribution in [2.75, 3.05) is 4.72 Å². The maximum atomic E-state index is 12.3. The molecule has 1 aliphatic carbocycles. The third kappa shape index (κ3) is 2.87. The zero-order valence-electron chi connectivity index (χ0n) is 12.5. The van der Waals surface area contributed by atoms with E-state index in [-0.39, 0.29) is 10.4 Å². The number of hydrogen-bond acceptors (Lipinski definition) is 3. The second kappa shape index (κ2) is 5.41. The number of sulfonamides is 1. The second-order valence-corrected chi connectivity index (χ2v) is 7.57. The summed E-state index contributed by atoms with van der Waals surface area (Å²) in [5.41, 5.74) is 7.88. The van der Waals surface area contributed by atoms with Gasteiger partial charge in [0.05, 0.1) is 4.90 Å². The monoisotopic (exact) mass is 316 g/mol. The van der Waals surface area contributed by atoms with Crippen LogP contribution < -0.4 is 10.5 Å². The van der Waals surface area contributed by atoms with Gasteiger partial charge in [-0.15, -0.1) is 0 Å². The van der Waals surface area contributed by atoms with Crippen molar-refractivity contribution < 1.29 is 8.42 Å². The first-order valence-corrected chi connectivity index (χ1v) is 8.90. The van der Waals surface area contributed by atoms with Crippen LogP contribution in [-0.2, 0) is 10.0 Å². The SMILES string of the molecule is CC[C@@]1(N)C[C@H]1c1ccc(NS(=O)(=O)c2ccccc2)cc1. The first-order valence-electron chi connectivity index (χ1n) is 7.41. The number of nitrogens with two attached hydrogens (primary N) is 1. The Bertz CT molecular complexity index is 757. The van der Waals surface area contributed by atoms with Gasteiger partial charge in [-0.2, -0.15) is 0 Å². The Labute approximate surface area is 131 Å². The van der Waals surface area contributed by atoms with Crippen molar-refractivity contribution in [2.24, 2.45) is 5.73 Å². The van der Waals surface area contributed by atoms with Crippen LogP contribution in [0, 0.1) is 0 Å². The predicted octanol–water partition coefficient (Wildman–Crippen LogP) is 3.08. The van der Waals surface area contributed by atoms with Gasteiger partial charge in [-0.1, -0.05) is 37.3 Å². The first-order chi connectivity index (χ1) is 10.4. The van der Waals surface area contributed by atoms with Crippen LogP contribution in [0.3, 0.4) is 0 Å². The molecule has 22 heavy (non-hydrogen) atoms. The third-order valence-electron chi connectivity index (χ3n) is 4.40. The van der Waals surface area contributed by atoms with Gasteiger partial charge in [0.15, 0.2) is 0 Å². The van der Waals surface area contributed by atoms with Crippen LogP contribution in [0.2, 0.25) is 0 Å². The predicted molar refractivity (Wildman–Crippen MR) is 88.3 cm³/mol. The fraction of sp³-hybridized carbons (Fsp3) is 0.294. The molecule has 0 unspecified atom stereocenters. The van der Waals surface area contributed by atoms with E-state index in [4.69, 9.17) is 5.73 Å². The van der Waals surface area contributed by atoms with Crippen LogP contribution in [0.1, 0.15) is 31.2 Å². The summed E-state index contributed by atoms with van der Waals surface area (Å²) in [6.45, 7) is 2.10. The van der Waals surface area contributed by atoms with Crippen molar-refractivity contribution in [1.82, 2.24) is 0 Å². The summed E-state index contributed by atoms with van der Waals surface area (Å²) in [6, 6.07) is 15.8. The number of rotatable bonds is 5. The zero-order chi connectivity index (χ0) is 15.8. The van der Waals surface area contributed by atoms with E-state index >= 15 is 0 Å². The van der Waals surface area contributed by atoms with E-state index in [1.807, 2.05) is 12.1 Å². The van der Waals surface area contributed by atoms with E-state index in [1.165, 1.54) is 5.56 Å². The Morgan fingerprint density at radius 3 is 2.32 bits per heavy atom. The topological polar surface area (TPSA) is 72.2 Å². The Balaban J connectivity index is 1.75. The largest absolute Gasteiger partial charge is 0.325 e. The van der Waals surface area contributed by atoms with E-state index in [9.17, 15) is 8.42 Å². The highest BCUT2D eigenvalue weighted by molar-refractivity contribution is 7.92. The maximum Gasteiger partial charge on any atom is 0.261 e. The molecule has 0 aliphatic heterocycles. The van der Waals surface area contributed by atoms with Gasteiger partial charge in [0.25, 0.3) is 10.0 Å². The minimum atomic E-state index is -3.53.